The number of carbonyl (C=O) groups excluding carboxylic acids is 2. The molecule has 0 bridgehead atoms. The first-order chi connectivity index (χ1) is 10.1. The number of amides is 1. The van der Waals surface area contributed by atoms with Gasteiger partial charge in [0.2, 0.25) is 12.7 Å². The Bertz CT molecular complexity index is 621. The van der Waals surface area contributed by atoms with Gasteiger partial charge in [-0.15, -0.1) is 0 Å². The van der Waals surface area contributed by atoms with E-state index in [2.05, 4.69) is 11.4 Å². The average molecular weight is 287 g/mol. The Labute approximate surface area is 122 Å². The number of Topliss-reactive ketones (excluding diaryl/α,β-unsaturated/α-hetero) is 1. The van der Waals surface area contributed by atoms with Gasteiger partial charge in [-0.05, 0) is 32.3 Å². The van der Waals surface area contributed by atoms with E-state index in [-0.39, 0.29) is 24.4 Å². The van der Waals surface area contributed by atoms with Crippen molar-refractivity contribution >= 4 is 17.4 Å². The molecule has 1 aromatic rings. The summed E-state index contributed by atoms with van der Waals surface area (Å²) >= 11 is 0. The number of nitrogens with one attached hydrogen (secondary N) is 1. The van der Waals surface area contributed by atoms with Gasteiger partial charge in [-0.2, -0.15) is 0 Å². The van der Waals surface area contributed by atoms with E-state index >= 15 is 0 Å². The fraction of sp³-hybridized carbons (Fsp3) is 0.375. The second-order valence-corrected chi connectivity index (χ2v) is 5.28. The van der Waals surface area contributed by atoms with Crippen LogP contribution in [0.25, 0.3) is 0 Å². The smallest absolute Gasteiger partial charge is 0.231 e. The molecule has 0 spiro atoms. The number of hydrogen-bond donors (Lipinski definition) is 1. The zero-order chi connectivity index (χ0) is 14.8. The van der Waals surface area contributed by atoms with Crippen LogP contribution < -0.4 is 14.8 Å². The summed E-state index contributed by atoms with van der Waals surface area (Å²) < 4.78 is 10.6. The fourth-order valence-electron chi connectivity index (χ4n) is 2.60. The van der Waals surface area contributed by atoms with Crippen LogP contribution in [0.4, 0.5) is 5.69 Å². The highest BCUT2D eigenvalue weighted by atomic mass is 16.7. The largest absolute Gasteiger partial charge is 0.454 e. The number of anilines is 1. The Morgan fingerprint density at radius 3 is 2.62 bits per heavy atom. The van der Waals surface area contributed by atoms with Crippen LogP contribution in [0.15, 0.2) is 24.3 Å². The average Bonchev–Trinajstić information content (AvgIpc) is 2.94. The lowest BCUT2D eigenvalue weighted by Crippen LogP contribution is -2.24. The van der Waals surface area contributed by atoms with Crippen LogP contribution in [-0.2, 0) is 4.79 Å². The number of fused-ring (bicyclic) bond motifs is 1. The van der Waals surface area contributed by atoms with E-state index in [1.807, 2.05) is 6.08 Å². The predicted molar refractivity (Wildman–Crippen MR) is 77.7 cm³/mol. The Kier molecular flexibility index (Phi) is 3.64. The van der Waals surface area contributed by atoms with Crippen LogP contribution in [-0.4, -0.2) is 18.5 Å². The predicted octanol–water partition coefficient (Wildman–Crippen LogP) is 2.91. The molecule has 0 saturated carbocycles. The summed E-state index contributed by atoms with van der Waals surface area (Å²) in [7, 11) is 0. The molecule has 2 aliphatic rings. The first-order valence-corrected chi connectivity index (χ1v) is 7.05. The summed E-state index contributed by atoms with van der Waals surface area (Å²) in [6, 6.07) is 3.29. The lowest BCUT2D eigenvalue weighted by Gasteiger charge is -2.18. The zero-order valence-electron chi connectivity index (χ0n) is 11.8. The summed E-state index contributed by atoms with van der Waals surface area (Å²) in [5.74, 6) is 0.880. The van der Waals surface area contributed by atoms with Gasteiger partial charge >= 0.3 is 0 Å². The molecule has 3 rings (SSSR count). The van der Waals surface area contributed by atoms with Crippen LogP contribution in [0.5, 0.6) is 11.5 Å². The molecule has 0 radical (unpaired) electrons. The summed E-state index contributed by atoms with van der Waals surface area (Å²) in [4.78, 5) is 24.1. The summed E-state index contributed by atoms with van der Waals surface area (Å²) in [5, 5.41) is 2.86. The first kappa shape index (κ1) is 13.7. The number of carbonyl (C=O) groups is 2. The molecule has 1 atom stereocenters. The van der Waals surface area contributed by atoms with Crippen molar-refractivity contribution < 1.29 is 19.1 Å². The maximum absolute atomic E-state index is 12.3. The molecule has 21 heavy (non-hydrogen) atoms. The van der Waals surface area contributed by atoms with E-state index in [1.165, 1.54) is 6.92 Å². The Hall–Kier alpha value is -2.30. The van der Waals surface area contributed by atoms with Gasteiger partial charge in [0, 0.05) is 17.5 Å². The summed E-state index contributed by atoms with van der Waals surface area (Å²) in [6.07, 6.45) is 6.61. The maximum atomic E-state index is 12.3. The minimum atomic E-state index is -0.118. The molecular weight excluding hydrogens is 270 g/mol. The quantitative estimate of drug-likeness (QED) is 0.685. The van der Waals surface area contributed by atoms with E-state index in [0.29, 0.717) is 22.7 Å². The van der Waals surface area contributed by atoms with Crippen molar-refractivity contribution in [3.05, 3.63) is 29.8 Å². The van der Waals surface area contributed by atoms with Gasteiger partial charge in [-0.3, -0.25) is 9.59 Å². The standard InChI is InChI=1S/C16H17NO4/c1-10(18)12-7-14-15(21-9-20-14)8-13(12)17-16(19)11-5-3-2-4-6-11/h2-3,7-8,11H,4-6,9H2,1H3,(H,17,19)/t11-/m1/s1. The van der Waals surface area contributed by atoms with Crippen LogP contribution in [0, 0.1) is 5.92 Å². The molecule has 110 valence electrons. The van der Waals surface area contributed by atoms with Gasteiger partial charge in [0.05, 0.1) is 5.69 Å². The summed E-state index contributed by atoms with van der Waals surface area (Å²) in [6.45, 7) is 1.61. The van der Waals surface area contributed by atoms with Gasteiger partial charge in [0.25, 0.3) is 0 Å². The third kappa shape index (κ3) is 2.77. The van der Waals surface area contributed by atoms with Crippen molar-refractivity contribution in [3.63, 3.8) is 0 Å². The highest BCUT2D eigenvalue weighted by Gasteiger charge is 2.23. The molecule has 0 saturated heterocycles. The van der Waals surface area contributed by atoms with Crippen LogP contribution in [0.1, 0.15) is 36.5 Å². The van der Waals surface area contributed by atoms with Crippen LogP contribution in [0.3, 0.4) is 0 Å². The van der Waals surface area contributed by atoms with Gasteiger partial charge in [-0.25, -0.2) is 0 Å². The molecule has 1 aromatic carbocycles. The molecule has 1 N–H and O–H groups in total. The molecule has 1 heterocycles. The first-order valence-electron chi connectivity index (χ1n) is 7.05. The monoisotopic (exact) mass is 287 g/mol. The van der Waals surface area contributed by atoms with Gasteiger partial charge < -0.3 is 14.8 Å². The molecule has 0 fully saturated rings. The fourth-order valence-corrected chi connectivity index (χ4v) is 2.60. The second-order valence-electron chi connectivity index (χ2n) is 5.28. The van der Waals surface area contributed by atoms with Crippen LogP contribution >= 0.6 is 0 Å². The molecule has 0 aromatic heterocycles. The van der Waals surface area contributed by atoms with Crippen molar-refractivity contribution in [1.29, 1.82) is 0 Å². The SMILES string of the molecule is CC(=O)c1cc2c(cc1NC(=O)[C@@H]1CC=CCC1)OCO2. The number of benzene rings is 1. The Balaban J connectivity index is 1.85. The molecule has 1 amide bonds. The zero-order valence-corrected chi connectivity index (χ0v) is 11.8. The van der Waals surface area contributed by atoms with Crippen molar-refractivity contribution in [2.45, 2.75) is 26.2 Å². The molecule has 0 unspecified atom stereocenters. The molecule has 5 nitrogen and oxygen atoms in total. The molecule has 1 aliphatic heterocycles. The van der Waals surface area contributed by atoms with Gasteiger partial charge in [-0.1, -0.05) is 12.2 Å². The lowest BCUT2D eigenvalue weighted by atomic mass is 9.93. The minimum absolute atomic E-state index is 0.0415. The number of ether oxygens (including phenoxy) is 2. The van der Waals surface area contributed by atoms with Crippen molar-refractivity contribution in [1.82, 2.24) is 0 Å². The Morgan fingerprint density at radius 1 is 1.19 bits per heavy atom. The minimum Gasteiger partial charge on any atom is -0.454 e. The lowest BCUT2D eigenvalue weighted by molar-refractivity contribution is -0.120. The van der Waals surface area contributed by atoms with E-state index in [9.17, 15) is 9.59 Å². The number of hydrogen-bond acceptors (Lipinski definition) is 4. The Morgan fingerprint density at radius 2 is 1.95 bits per heavy atom. The van der Waals surface area contributed by atoms with Crippen LogP contribution in [0.2, 0.25) is 0 Å². The maximum Gasteiger partial charge on any atom is 0.231 e. The van der Waals surface area contributed by atoms with Crippen molar-refractivity contribution in [2.24, 2.45) is 5.92 Å². The number of allylic oxidation sites excluding steroid dienone is 2. The van der Waals surface area contributed by atoms with Crippen molar-refractivity contribution in [3.8, 4) is 11.5 Å². The normalized spacial score (nSPS) is 19.4. The molecule has 1 aliphatic carbocycles. The van der Waals surface area contributed by atoms with Crippen molar-refractivity contribution in [2.75, 3.05) is 12.1 Å². The van der Waals surface area contributed by atoms with E-state index < -0.39 is 0 Å². The number of rotatable bonds is 3. The molecular formula is C16H17NO4. The van der Waals surface area contributed by atoms with Gasteiger partial charge in [0.1, 0.15) is 0 Å². The third-order valence-corrected chi connectivity index (χ3v) is 3.79. The second kappa shape index (κ2) is 5.60. The molecule has 5 heteroatoms. The van der Waals surface area contributed by atoms with E-state index in [4.69, 9.17) is 9.47 Å². The number of ketones is 1. The van der Waals surface area contributed by atoms with Gasteiger partial charge in [0.15, 0.2) is 17.3 Å². The van der Waals surface area contributed by atoms with E-state index in [0.717, 1.165) is 19.3 Å². The highest BCUT2D eigenvalue weighted by Crippen LogP contribution is 2.37. The van der Waals surface area contributed by atoms with E-state index in [1.54, 1.807) is 12.1 Å². The third-order valence-electron chi connectivity index (χ3n) is 3.79. The highest BCUT2D eigenvalue weighted by molar-refractivity contribution is 6.05. The summed E-state index contributed by atoms with van der Waals surface area (Å²) in [5.41, 5.74) is 0.935. The topological polar surface area (TPSA) is 64.6 Å².